The van der Waals surface area contributed by atoms with Gasteiger partial charge in [-0.05, 0) is 51.3 Å². The van der Waals surface area contributed by atoms with E-state index in [2.05, 4.69) is 30.0 Å². The molecule has 2 rings (SSSR count). The number of likely N-dealkylation sites (tertiary alicyclic amines) is 1. The van der Waals surface area contributed by atoms with Gasteiger partial charge in [0.2, 0.25) is 0 Å². The van der Waals surface area contributed by atoms with Crippen molar-refractivity contribution in [2.75, 3.05) is 26.7 Å². The Bertz CT molecular complexity index is 409. The zero-order chi connectivity index (χ0) is 13.7. The Kier molecular flexibility index (Phi) is 7.35. The first kappa shape index (κ1) is 17.3. The highest BCUT2D eigenvalue weighted by Gasteiger charge is 2.20. The van der Waals surface area contributed by atoms with Crippen LogP contribution in [-0.4, -0.2) is 31.6 Å². The fourth-order valence-electron chi connectivity index (χ4n) is 3.04. The average Bonchev–Trinajstić information content (AvgIpc) is 2.40. The second-order valence-electron chi connectivity index (χ2n) is 5.64. The first-order valence-electron chi connectivity index (χ1n) is 7.29. The highest BCUT2D eigenvalue weighted by atomic mass is 35.5. The summed E-state index contributed by atoms with van der Waals surface area (Å²) in [4.78, 5) is 2.54. The number of halogens is 1. The van der Waals surface area contributed by atoms with E-state index < -0.39 is 0 Å². The standard InChI is InChI=1S/C16H26N2O.ClH/c1-13-5-6-16(19-2)15(10-13)12-18-9-3-4-14(11-18)7-8-17;/h5-6,10,14H,3-4,7-9,11-12,17H2,1-2H3;1H. The van der Waals surface area contributed by atoms with E-state index >= 15 is 0 Å². The second-order valence-corrected chi connectivity index (χ2v) is 5.64. The molecule has 0 radical (unpaired) electrons. The largest absolute Gasteiger partial charge is 0.496 e. The Morgan fingerprint density at radius 1 is 1.40 bits per heavy atom. The van der Waals surface area contributed by atoms with Gasteiger partial charge in [-0.2, -0.15) is 0 Å². The minimum atomic E-state index is 0. The molecular formula is C16H27ClN2O. The van der Waals surface area contributed by atoms with Crippen molar-refractivity contribution >= 4 is 12.4 Å². The molecule has 0 amide bonds. The number of hydrogen-bond donors (Lipinski definition) is 1. The van der Waals surface area contributed by atoms with Crippen molar-refractivity contribution in [3.05, 3.63) is 29.3 Å². The van der Waals surface area contributed by atoms with Gasteiger partial charge in [-0.15, -0.1) is 12.4 Å². The highest BCUT2D eigenvalue weighted by molar-refractivity contribution is 5.85. The van der Waals surface area contributed by atoms with Gasteiger partial charge in [0.25, 0.3) is 0 Å². The van der Waals surface area contributed by atoms with Crippen molar-refractivity contribution in [1.29, 1.82) is 0 Å². The van der Waals surface area contributed by atoms with Crippen molar-refractivity contribution in [1.82, 2.24) is 4.90 Å². The SMILES string of the molecule is COc1ccc(C)cc1CN1CCCC(CCN)C1.Cl. The first-order valence-corrected chi connectivity index (χ1v) is 7.29. The Balaban J connectivity index is 0.00000200. The van der Waals surface area contributed by atoms with Crippen LogP contribution < -0.4 is 10.5 Å². The Hall–Kier alpha value is -0.770. The number of piperidine rings is 1. The van der Waals surface area contributed by atoms with Gasteiger partial charge in [0.05, 0.1) is 7.11 Å². The van der Waals surface area contributed by atoms with Crippen molar-refractivity contribution in [3.8, 4) is 5.75 Å². The lowest BCUT2D eigenvalue weighted by Crippen LogP contribution is -2.35. The van der Waals surface area contributed by atoms with E-state index in [9.17, 15) is 0 Å². The number of methoxy groups -OCH3 is 1. The lowest BCUT2D eigenvalue weighted by molar-refractivity contribution is 0.161. The molecule has 3 nitrogen and oxygen atoms in total. The lowest BCUT2D eigenvalue weighted by Gasteiger charge is -2.33. The minimum absolute atomic E-state index is 0. The summed E-state index contributed by atoms with van der Waals surface area (Å²) in [5.74, 6) is 1.78. The molecule has 1 unspecified atom stereocenters. The van der Waals surface area contributed by atoms with Crippen LogP contribution in [0.2, 0.25) is 0 Å². The zero-order valence-electron chi connectivity index (χ0n) is 12.6. The maximum absolute atomic E-state index is 5.68. The Morgan fingerprint density at radius 2 is 2.20 bits per heavy atom. The van der Waals surface area contributed by atoms with E-state index in [1.54, 1.807) is 7.11 Å². The van der Waals surface area contributed by atoms with Crippen LogP contribution >= 0.6 is 12.4 Å². The predicted octanol–water partition coefficient (Wildman–Crippen LogP) is 2.99. The molecule has 0 aliphatic carbocycles. The number of nitrogens with zero attached hydrogens (tertiary/aromatic N) is 1. The van der Waals surface area contributed by atoms with Crippen molar-refractivity contribution in [3.63, 3.8) is 0 Å². The fraction of sp³-hybridized carbons (Fsp3) is 0.625. The summed E-state index contributed by atoms with van der Waals surface area (Å²) in [7, 11) is 1.75. The van der Waals surface area contributed by atoms with Crippen LogP contribution in [0.25, 0.3) is 0 Å². The van der Waals surface area contributed by atoms with E-state index in [4.69, 9.17) is 10.5 Å². The monoisotopic (exact) mass is 298 g/mol. The van der Waals surface area contributed by atoms with Gasteiger partial charge in [-0.25, -0.2) is 0 Å². The summed E-state index contributed by atoms with van der Waals surface area (Å²) in [5, 5.41) is 0. The summed E-state index contributed by atoms with van der Waals surface area (Å²) >= 11 is 0. The third-order valence-electron chi connectivity index (χ3n) is 4.01. The van der Waals surface area contributed by atoms with Gasteiger partial charge in [-0.1, -0.05) is 17.7 Å². The molecule has 1 saturated heterocycles. The molecule has 0 saturated carbocycles. The molecule has 4 heteroatoms. The molecule has 0 aromatic heterocycles. The van der Waals surface area contributed by atoms with Gasteiger partial charge in [0, 0.05) is 18.7 Å². The van der Waals surface area contributed by atoms with Crippen LogP contribution in [-0.2, 0) is 6.54 Å². The average molecular weight is 299 g/mol. The van der Waals surface area contributed by atoms with Crippen molar-refractivity contribution in [2.45, 2.75) is 32.7 Å². The molecular weight excluding hydrogens is 272 g/mol. The summed E-state index contributed by atoms with van der Waals surface area (Å²) in [6, 6.07) is 6.42. The Labute approximate surface area is 128 Å². The molecule has 1 fully saturated rings. The number of hydrogen-bond acceptors (Lipinski definition) is 3. The van der Waals surface area contributed by atoms with Crippen LogP contribution in [0.15, 0.2) is 18.2 Å². The van der Waals surface area contributed by atoms with Crippen LogP contribution in [0, 0.1) is 12.8 Å². The molecule has 0 bridgehead atoms. The third-order valence-corrected chi connectivity index (χ3v) is 4.01. The first-order chi connectivity index (χ1) is 9.22. The number of nitrogens with two attached hydrogens (primary N) is 1. The molecule has 1 aromatic rings. The highest BCUT2D eigenvalue weighted by Crippen LogP contribution is 2.25. The maximum Gasteiger partial charge on any atom is 0.123 e. The lowest BCUT2D eigenvalue weighted by atomic mass is 9.94. The number of aryl methyl sites for hydroxylation is 1. The van der Waals surface area contributed by atoms with E-state index in [1.807, 2.05) is 0 Å². The summed E-state index contributed by atoms with van der Waals surface area (Å²) in [6.45, 7) is 6.31. The molecule has 0 spiro atoms. The van der Waals surface area contributed by atoms with Crippen LogP contribution in [0.4, 0.5) is 0 Å². The molecule has 2 N–H and O–H groups in total. The smallest absolute Gasteiger partial charge is 0.123 e. The van der Waals surface area contributed by atoms with E-state index in [0.29, 0.717) is 0 Å². The normalized spacial score (nSPS) is 19.4. The Morgan fingerprint density at radius 3 is 2.90 bits per heavy atom. The molecule has 114 valence electrons. The van der Waals surface area contributed by atoms with E-state index in [1.165, 1.54) is 37.1 Å². The number of benzene rings is 1. The topological polar surface area (TPSA) is 38.5 Å². The molecule has 1 aromatic carbocycles. The minimum Gasteiger partial charge on any atom is -0.496 e. The summed E-state index contributed by atoms with van der Waals surface area (Å²) in [5.41, 5.74) is 8.28. The summed E-state index contributed by atoms with van der Waals surface area (Å²) in [6.07, 6.45) is 3.78. The third kappa shape index (κ3) is 4.65. The quantitative estimate of drug-likeness (QED) is 0.908. The fourth-order valence-corrected chi connectivity index (χ4v) is 3.04. The van der Waals surface area contributed by atoms with Gasteiger partial charge < -0.3 is 10.5 Å². The van der Waals surface area contributed by atoms with Crippen LogP contribution in [0.1, 0.15) is 30.4 Å². The summed E-state index contributed by atoms with van der Waals surface area (Å²) < 4.78 is 5.47. The number of rotatable bonds is 5. The maximum atomic E-state index is 5.68. The molecule has 1 heterocycles. The second kappa shape index (κ2) is 8.50. The van der Waals surface area contributed by atoms with Crippen LogP contribution in [0.5, 0.6) is 5.75 Å². The molecule has 1 aliphatic heterocycles. The zero-order valence-corrected chi connectivity index (χ0v) is 13.4. The molecule has 1 aliphatic rings. The van der Waals surface area contributed by atoms with Gasteiger partial charge in [-0.3, -0.25) is 4.90 Å². The van der Waals surface area contributed by atoms with Gasteiger partial charge in [0.1, 0.15) is 5.75 Å². The molecule has 20 heavy (non-hydrogen) atoms. The van der Waals surface area contributed by atoms with E-state index in [-0.39, 0.29) is 12.4 Å². The predicted molar refractivity (Wildman–Crippen MR) is 86.7 cm³/mol. The van der Waals surface area contributed by atoms with Gasteiger partial charge in [0.15, 0.2) is 0 Å². The van der Waals surface area contributed by atoms with Crippen LogP contribution in [0.3, 0.4) is 0 Å². The van der Waals surface area contributed by atoms with Crippen molar-refractivity contribution in [2.24, 2.45) is 11.7 Å². The number of ether oxygens (including phenoxy) is 1. The van der Waals surface area contributed by atoms with Crippen molar-refractivity contribution < 1.29 is 4.74 Å². The molecule has 1 atom stereocenters. The van der Waals surface area contributed by atoms with Gasteiger partial charge >= 0.3 is 0 Å². The van der Waals surface area contributed by atoms with E-state index in [0.717, 1.165) is 31.2 Å².